The maximum atomic E-state index is 9.21. The van der Waals surface area contributed by atoms with Crippen LogP contribution in [-0.2, 0) is 0 Å². The van der Waals surface area contributed by atoms with Crippen LogP contribution in [0.3, 0.4) is 0 Å². The zero-order chi connectivity index (χ0) is 14.4. The highest BCUT2D eigenvalue weighted by Crippen LogP contribution is 2.16. The molecule has 1 aromatic heterocycles. The van der Waals surface area contributed by atoms with Gasteiger partial charge in [0.1, 0.15) is 17.6 Å². The SMILES string of the molecule is CCCC(C#N)N1CCN(c2cccc(C#N)n2)CC1. The molecule has 0 amide bonds. The number of pyridine rings is 1. The molecule has 0 saturated carbocycles. The summed E-state index contributed by atoms with van der Waals surface area (Å²) in [4.78, 5) is 8.75. The third kappa shape index (κ3) is 3.26. The Kier molecular flexibility index (Phi) is 4.92. The molecule has 0 spiro atoms. The van der Waals surface area contributed by atoms with Crippen LogP contribution in [0.4, 0.5) is 5.82 Å². The molecule has 1 aliphatic heterocycles. The number of nitriles is 2. The highest BCUT2D eigenvalue weighted by atomic mass is 15.3. The summed E-state index contributed by atoms with van der Waals surface area (Å²) < 4.78 is 0. The van der Waals surface area contributed by atoms with Crippen molar-refractivity contribution in [3.63, 3.8) is 0 Å². The minimum Gasteiger partial charge on any atom is -0.354 e. The van der Waals surface area contributed by atoms with Crippen molar-refractivity contribution in [3.8, 4) is 12.1 Å². The minimum absolute atomic E-state index is 0.0283. The molecule has 2 rings (SSSR count). The number of piperazine rings is 1. The van der Waals surface area contributed by atoms with E-state index in [2.05, 4.69) is 33.8 Å². The normalized spacial score (nSPS) is 17.2. The first-order valence-electron chi connectivity index (χ1n) is 7.04. The standard InChI is InChI=1S/C15H19N5/c1-2-4-14(12-17)19-7-9-20(10-8-19)15-6-3-5-13(11-16)18-15/h3,5-6,14H,2,4,7-10H2,1H3. The maximum Gasteiger partial charge on any atom is 0.142 e. The lowest BCUT2D eigenvalue weighted by Gasteiger charge is -2.37. The molecule has 1 aliphatic rings. The van der Waals surface area contributed by atoms with Crippen LogP contribution in [0.2, 0.25) is 0 Å². The van der Waals surface area contributed by atoms with Gasteiger partial charge < -0.3 is 4.90 Å². The van der Waals surface area contributed by atoms with Gasteiger partial charge in [0.15, 0.2) is 0 Å². The molecule has 5 heteroatoms. The largest absolute Gasteiger partial charge is 0.354 e. The number of rotatable bonds is 4. The third-order valence-electron chi connectivity index (χ3n) is 3.64. The van der Waals surface area contributed by atoms with Gasteiger partial charge in [-0.25, -0.2) is 4.98 Å². The Balaban J connectivity index is 1.97. The zero-order valence-electron chi connectivity index (χ0n) is 11.8. The van der Waals surface area contributed by atoms with Crippen LogP contribution < -0.4 is 4.90 Å². The van der Waals surface area contributed by atoms with Crippen LogP contribution in [0.5, 0.6) is 0 Å². The second kappa shape index (κ2) is 6.88. The van der Waals surface area contributed by atoms with Crippen molar-refractivity contribution >= 4 is 5.82 Å². The quantitative estimate of drug-likeness (QED) is 0.833. The van der Waals surface area contributed by atoms with Gasteiger partial charge in [0.05, 0.1) is 12.1 Å². The molecule has 0 aliphatic carbocycles. The third-order valence-corrected chi connectivity index (χ3v) is 3.64. The number of hydrogen-bond donors (Lipinski definition) is 0. The molecule has 0 aromatic carbocycles. The average Bonchev–Trinajstić information content (AvgIpc) is 2.53. The molecule has 104 valence electrons. The summed E-state index contributed by atoms with van der Waals surface area (Å²) >= 11 is 0. The van der Waals surface area contributed by atoms with E-state index in [1.165, 1.54) is 0 Å². The molecule has 0 bridgehead atoms. The number of aromatic nitrogens is 1. The molecule has 1 atom stereocenters. The molecule has 2 heterocycles. The Morgan fingerprint density at radius 1 is 1.25 bits per heavy atom. The number of hydrogen-bond acceptors (Lipinski definition) is 5. The number of nitrogens with zero attached hydrogens (tertiary/aromatic N) is 5. The molecule has 1 aromatic rings. The Hall–Kier alpha value is -2.11. The minimum atomic E-state index is 0.0283. The van der Waals surface area contributed by atoms with E-state index in [9.17, 15) is 5.26 Å². The van der Waals surface area contributed by atoms with Crippen molar-refractivity contribution in [2.45, 2.75) is 25.8 Å². The predicted octanol–water partition coefficient (Wildman–Crippen LogP) is 1.77. The molecule has 0 radical (unpaired) electrons. The van der Waals surface area contributed by atoms with Gasteiger partial charge in [0.2, 0.25) is 0 Å². The van der Waals surface area contributed by atoms with E-state index in [-0.39, 0.29) is 6.04 Å². The lowest BCUT2D eigenvalue weighted by molar-refractivity contribution is 0.211. The van der Waals surface area contributed by atoms with Gasteiger partial charge in [0.25, 0.3) is 0 Å². The Labute approximate surface area is 120 Å². The molecule has 1 fully saturated rings. The van der Waals surface area contributed by atoms with Crippen LogP contribution in [-0.4, -0.2) is 42.1 Å². The first-order valence-corrected chi connectivity index (χ1v) is 7.04. The van der Waals surface area contributed by atoms with E-state index in [0.29, 0.717) is 5.69 Å². The topological polar surface area (TPSA) is 67.0 Å². The van der Waals surface area contributed by atoms with Gasteiger partial charge in [0, 0.05) is 26.2 Å². The van der Waals surface area contributed by atoms with Crippen LogP contribution in [0, 0.1) is 22.7 Å². The average molecular weight is 269 g/mol. The summed E-state index contributed by atoms with van der Waals surface area (Å²) in [5.41, 5.74) is 0.450. The summed E-state index contributed by atoms with van der Waals surface area (Å²) in [6, 6.07) is 10.0. The summed E-state index contributed by atoms with van der Waals surface area (Å²) in [5.74, 6) is 0.854. The fourth-order valence-electron chi connectivity index (χ4n) is 2.53. The second-order valence-electron chi connectivity index (χ2n) is 4.95. The van der Waals surface area contributed by atoms with E-state index in [4.69, 9.17) is 5.26 Å². The van der Waals surface area contributed by atoms with Gasteiger partial charge in [-0.2, -0.15) is 10.5 Å². The monoisotopic (exact) mass is 269 g/mol. The van der Waals surface area contributed by atoms with Crippen molar-refractivity contribution in [2.75, 3.05) is 31.1 Å². The van der Waals surface area contributed by atoms with Gasteiger partial charge >= 0.3 is 0 Å². The second-order valence-corrected chi connectivity index (χ2v) is 4.95. The first kappa shape index (κ1) is 14.3. The fourth-order valence-corrected chi connectivity index (χ4v) is 2.53. The summed E-state index contributed by atoms with van der Waals surface area (Å²) in [6.45, 7) is 5.55. The number of anilines is 1. The van der Waals surface area contributed by atoms with Crippen molar-refractivity contribution in [2.24, 2.45) is 0 Å². The van der Waals surface area contributed by atoms with Gasteiger partial charge in [-0.15, -0.1) is 0 Å². The fraction of sp³-hybridized carbons (Fsp3) is 0.533. The van der Waals surface area contributed by atoms with Crippen LogP contribution >= 0.6 is 0 Å². The highest BCUT2D eigenvalue weighted by molar-refractivity contribution is 5.42. The molecule has 1 saturated heterocycles. The Morgan fingerprint density at radius 3 is 2.60 bits per heavy atom. The van der Waals surface area contributed by atoms with E-state index >= 15 is 0 Å². The van der Waals surface area contributed by atoms with Gasteiger partial charge in [-0.1, -0.05) is 19.4 Å². The molecular weight excluding hydrogens is 250 g/mol. The summed E-state index contributed by atoms with van der Waals surface area (Å²) in [5, 5.41) is 18.1. The molecule has 1 unspecified atom stereocenters. The van der Waals surface area contributed by atoms with Crippen molar-refractivity contribution < 1.29 is 0 Å². The lowest BCUT2D eigenvalue weighted by Crippen LogP contribution is -2.50. The summed E-state index contributed by atoms with van der Waals surface area (Å²) in [7, 11) is 0. The van der Waals surface area contributed by atoms with Crippen molar-refractivity contribution in [1.82, 2.24) is 9.88 Å². The summed E-state index contributed by atoms with van der Waals surface area (Å²) in [6.07, 6.45) is 1.96. The maximum absolute atomic E-state index is 9.21. The van der Waals surface area contributed by atoms with E-state index in [0.717, 1.165) is 44.8 Å². The first-order chi connectivity index (χ1) is 9.78. The van der Waals surface area contributed by atoms with Crippen LogP contribution in [0.1, 0.15) is 25.5 Å². The predicted molar refractivity (Wildman–Crippen MR) is 77.0 cm³/mol. The Bertz CT molecular complexity index is 520. The van der Waals surface area contributed by atoms with Crippen molar-refractivity contribution in [1.29, 1.82) is 10.5 Å². The van der Waals surface area contributed by atoms with Crippen LogP contribution in [0.25, 0.3) is 0 Å². The van der Waals surface area contributed by atoms with E-state index in [1.54, 1.807) is 6.07 Å². The molecular formula is C15H19N5. The lowest BCUT2D eigenvalue weighted by atomic mass is 10.1. The van der Waals surface area contributed by atoms with Crippen molar-refractivity contribution in [3.05, 3.63) is 23.9 Å². The molecule has 5 nitrogen and oxygen atoms in total. The van der Waals surface area contributed by atoms with Gasteiger partial charge in [-0.3, -0.25) is 4.90 Å². The molecule has 0 N–H and O–H groups in total. The molecule has 20 heavy (non-hydrogen) atoms. The highest BCUT2D eigenvalue weighted by Gasteiger charge is 2.23. The van der Waals surface area contributed by atoms with E-state index in [1.807, 2.05) is 12.1 Å². The smallest absolute Gasteiger partial charge is 0.142 e. The van der Waals surface area contributed by atoms with Gasteiger partial charge in [-0.05, 0) is 18.6 Å². The zero-order valence-corrected chi connectivity index (χ0v) is 11.8. The van der Waals surface area contributed by atoms with Crippen LogP contribution in [0.15, 0.2) is 18.2 Å². The van der Waals surface area contributed by atoms with E-state index < -0.39 is 0 Å². The Morgan fingerprint density at radius 2 is 2.00 bits per heavy atom.